The van der Waals surface area contributed by atoms with E-state index < -0.39 is 5.60 Å². The number of nitrogens with zero attached hydrogens (tertiary/aromatic N) is 1. The molecule has 1 saturated heterocycles. The molecule has 3 atom stereocenters. The van der Waals surface area contributed by atoms with Crippen molar-refractivity contribution in [1.29, 1.82) is 0 Å². The van der Waals surface area contributed by atoms with E-state index in [9.17, 15) is 9.90 Å². The molecule has 0 unspecified atom stereocenters. The van der Waals surface area contributed by atoms with Crippen molar-refractivity contribution in [3.63, 3.8) is 0 Å². The molecule has 5 heteroatoms. The molecule has 2 aliphatic rings. The van der Waals surface area contributed by atoms with Gasteiger partial charge in [-0.3, -0.25) is 4.79 Å². The smallest absolute Gasteiger partial charge is 0.223 e. The number of amides is 1. The van der Waals surface area contributed by atoms with Crippen LogP contribution in [0, 0.1) is 5.92 Å². The fourth-order valence-corrected chi connectivity index (χ4v) is 5.45. The fourth-order valence-electron chi connectivity index (χ4n) is 5.45. The molecule has 2 aromatic rings. The number of aryl methyl sites for hydroxylation is 1. The molecule has 1 N–H and O–H groups in total. The minimum atomic E-state index is -0.718. The van der Waals surface area contributed by atoms with E-state index in [2.05, 4.69) is 12.1 Å². The summed E-state index contributed by atoms with van der Waals surface area (Å²) in [4.78, 5) is 15.4. The Bertz CT molecular complexity index is 900. The highest BCUT2D eigenvalue weighted by Gasteiger charge is 2.50. The molecule has 2 fully saturated rings. The summed E-state index contributed by atoms with van der Waals surface area (Å²) in [6.45, 7) is 0.570. The van der Waals surface area contributed by atoms with Gasteiger partial charge in [0, 0.05) is 30.5 Å². The molecule has 1 saturated carbocycles. The van der Waals surface area contributed by atoms with Crippen LogP contribution < -0.4 is 9.47 Å². The highest BCUT2D eigenvalue weighted by atomic mass is 16.5. The van der Waals surface area contributed by atoms with Crippen LogP contribution in [0.2, 0.25) is 0 Å². The minimum absolute atomic E-state index is 0.0120. The van der Waals surface area contributed by atoms with Gasteiger partial charge in [-0.1, -0.05) is 43.2 Å². The highest BCUT2D eigenvalue weighted by Crippen LogP contribution is 2.51. The third-order valence-corrected chi connectivity index (χ3v) is 7.12. The molecular formula is C26H33NO4. The second-order valence-corrected chi connectivity index (χ2v) is 8.83. The minimum Gasteiger partial charge on any atom is -0.497 e. The molecule has 0 bridgehead atoms. The van der Waals surface area contributed by atoms with E-state index in [1.807, 2.05) is 41.3 Å². The quantitative estimate of drug-likeness (QED) is 0.742. The van der Waals surface area contributed by atoms with Gasteiger partial charge in [0.05, 0.1) is 25.9 Å². The molecule has 0 aromatic heterocycles. The molecule has 1 heterocycles. The van der Waals surface area contributed by atoms with Crippen molar-refractivity contribution < 1.29 is 19.4 Å². The first kappa shape index (κ1) is 21.7. The largest absolute Gasteiger partial charge is 0.497 e. The zero-order valence-corrected chi connectivity index (χ0v) is 18.5. The summed E-state index contributed by atoms with van der Waals surface area (Å²) in [7, 11) is 3.28. The third kappa shape index (κ3) is 4.42. The van der Waals surface area contributed by atoms with Gasteiger partial charge in [-0.15, -0.1) is 0 Å². The molecule has 1 aliphatic carbocycles. The van der Waals surface area contributed by atoms with Crippen LogP contribution in [0.15, 0.2) is 48.5 Å². The Labute approximate surface area is 185 Å². The topological polar surface area (TPSA) is 59.0 Å². The van der Waals surface area contributed by atoms with E-state index in [4.69, 9.17) is 9.47 Å². The van der Waals surface area contributed by atoms with E-state index >= 15 is 0 Å². The lowest BCUT2D eigenvalue weighted by Crippen LogP contribution is -2.56. The Kier molecular flexibility index (Phi) is 6.51. The predicted octanol–water partition coefficient (Wildman–Crippen LogP) is 4.53. The number of rotatable bonds is 6. The van der Waals surface area contributed by atoms with Crippen molar-refractivity contribution in [3.8, 4) is 11.5 Å². The molecule has 5 nitrogen and oxygen atoms in total. The van der Waals surface area contributed by atoms with Crippen molar-refractivity contribution in [2.24, 2.45) is 5.92 Å². The molecule has 4 rings (SSSR count). The number of benzene rings is 2. The highest BCUT2D eigenvalue weighted by molar-refractivity contribution is 5.77. The van der Waals surface area contributed by atoms with Crippen LogP contribution >= 0.6 is 0 Å². The zero-order chi connectivity index (χ0) is 21.8. The molecule has 0 radical (unpaired) electrons. The number of aliphatic hydroxyl groups is 1. The Balaban J connectivity index is 1.66. The van der Waals surface area contributed by atoms with Crippen LogP contribution in [0.5, 0.6) is 11.5 Å². The molecule has 31 heavy (non-hydrogen) atoms. The predicted molar refractivity (Wildman–Crippen MR) is 120 cm³/mol. The van der Waals surface area contributed by atoms with Crippen LogP contribution in [-0.2, 0) is 11.2 Å². The van der Waals surface area contributed by atoms with E-state index in [0.29, 0.717) is 25.1 Å². The van der Waals surface area contributed by atoms with Crippen LogP contribution in [-0.4, -0.2) is 42.3 Å². The third-order valence-electron chi connectivity index (χ3n) is 7.12. The van der Waals surface area contributed by atoms with Crippen LogP contribution in [0.1, 0.15) is 55.7 Å². The normalized spacial score (nSPS) is 25.6. The van der Waals surface area contributed by atoms with Crippen LogP contribution in [0.25, 0.3) is 0 Å². The lowest BCUT2D eigenvalue weighted by atomic mass is 9.66. The van der Waals surface area contributed by atoms with Gasteiger partial charge < -0.3 is 19.5 Å². The Hall–Kier alpha value is -2.53. The SMILES string of the molecule is COc1ccc([C@H]2[C@@H]3CCCC[C@]3(O)CCN2C(=O)CCc2ccccc2)c(OC)c1. The first-order valence-electron chi connectivity index (χ1n) is 11.3. The Morgan fingerprint density at radius 2 is 1.90 bits per heavy atom. The van der Waals surface area contributed by atoms with Gasteiger partial charge in [0.25, 0.3) is 0 Å². The lowest BCUT2D eigenvalue weighted by Gasteiger charge is -2.52. The van der Waals surface area contributed by atoms with Gasteiger partial charge in [0.2, 0.25) is 5.91 Å². The second-order valence-electron chi connectivity index (χ2n) is 8.83. The first-order valence-corrected chi connectivity index (χ1v) is 11.3. The maximum absolute atomic E-state index is 13.4. The molecule has 166 valence electrons. The maximum atomic E-state index is 13.4. The number of ether oxygens (including phenoxy) is 2. The summed E-state index contributed by atoms with van der Waals surface area (Å²) >= 11 is 0. The first-order chi connectivity index (χ1) is 15.1. The van der Waals surface area contributed by atoms with Crippen LogP contribution in [0.3, 0.4) is 0 Å². The average Bonchev–Trinajstić information content (AvgIpc) is 2.81. The monoisotopic (exact) mass is 423 g/mol. The number of carbonyl (C=O) groups excluding carboxylic acids is 1. The fraction of sp³-hybridized carbons (Fsp3) is 0.500. The summed E-state index contributed by atoms with van der Waals surface area (Å²) in [6.07, 6.45) is 5.67. The van der Waals surface area contributed by atoms with Crippen LogP contribution in [0.4, 0.5) is 0 Å². The van der Waals surface area contributed by atoms with E-state index in [0.717, 1.165) is 43.4 Å². The molecule has 1 amide bonds. The second kappa shape index (κ2) is 9.31. The molecule has 1 aliphatic heterocycles. The molecule has 0 spiro atoms. The van der Waals surface area contributed by atoms with Crippen molar-refractivity contribution in [3.05, 3.63) is 59.7 Å². The maximum Gasteiger partial charge on any atom is 0.223 e. The van der Waals surface area contributed by atoms with E-state index in [1.54, 1.807) is 14.2 Å². The number of piperidine rings is 1. The van der Waals surface area contributed by atoms with Crippen molar-refractivity contribution in [1.82, 2.24) is 4.90 Å². The number of carbonyl (C=O) groups is 1. The summed E-state index contributed by atoms with van der Waals surface area (Å²) < 4.78 is 11.1. The van der Waals surface area contributed by atoms with Gasteiger partial charge in [0.1, 0.15) is 11.5 Å². The molecule has 2 aromatic carbocycles. The number of methoxy groups -OCH3 is 2. The summed E-state index contributed by atoms with van der Waals surface area (Å²) in [5, 5.41) is 11.5. The lowest BCUT2D eigenvalue weighted by molar-refractivity contribution is -0.155. The van der Waals surface area contributed by atoms with E-state index in [1.165, 1.54) is 5.56 Å². The van der Waals surface area contributed by atoms with Gasteiger partial charge in [-0.2, -0.15) is 0 Å². The zero-order valence-electron chi connectivity index (χ0n) is 18.5. The van der Waals surface area contributed by atoms with Gasteiger partial charge in [0.15, 0.2) is 0 Å². The Morgan fingerprint density at radius 1 is 1.10 bits per heavy atom. The van der Waals surface area contributed by atoms with Gasteiger partial charge in [-0.05, 0) is 43.4 Å². The number of fused-ring (bicyclic) bond motifs is 1. The molecular weight excluding hydrogens is 390 g/mol. The van der Waals surface area contributed by atoms with Crippen molar-refractivity contribution in [2.45, 2.75) is 56.6 Å². The average molecular weight is 424 g/mol. The van der Waals surface area contributed by atoms with Gasteiger partial charge >= 0.3 is 0 Å². The Morgan fingerprint density at radius 3 is 2.65 bits per heavy atom. The van der Waals surface area contributed by atoms with E-state index in [-0.39, 0.29) is 17.9 Å². The summed E-state index contributed by atoms with van der Waals surface area (Å²) in [6, 6.07) is 15.7. The summed E-state index contributed by atoms with van der Waals surface area (Å²) in [5.74, 6) is 1.58. The number of hydrogen-bond donors (Lipinski definition) is 1. The number of likely N-dealkylation sites (tertiary alicyclic amines) is 1. The van der Waals surface area contributed by atoms with Gasteiger partial charge in [-0.25, -0.2) is 0 Å². The van der Waals surface area contributed by atoms with Crippen molar-refractivity contribution in [2.75, 3.05) is 20.8 Å². The summed E-state index contributed by atoms with van der Waals surface area (Å²) in [5.41, 5.74) is 1.41. The number of hydrogen-bond acceptors (Lipinski definition) is 4. The standard InChI is InChI=1S/C26H33NO4/c1-30-20-12-13-21(23(18-20)31-2)25-22-10-6-7-15-26(22,29)16-17-27(25)24(28)14-11-19-8-4-3-5-9-19/h3-5,8-9,12-13,18,22,25,29H,6-7,10-11,14-17H2,1-2H3/t22-,25-,26-/m0/s1. The van der Waals surface area contributed by atoms with Crippen molar-refractivity contribution >= 4 is 5.91 Å².